The molecule has 1 aromatic rings. The highest BCUT2D eigenvalue weighted by Crippen LogP contribution is 2.14. The van der Waals surface area contributed by atoms with Crippen LogP contribution in [0.15, 0.2) is 35.3 Å². The van der Waals surface area contributed by atoms with Crippen LogP contribution in [0.25, 0.3) is 0 Å². The Morgan fingerprint density at radius 1 is 1.30 bits per heavy atom. The first kappa shape index (κ1) is 21.1. The molecule has 0 aliphatic carbocycles. The molecule has 2 N–H and O–H groups in total. The van der Waals surface area contributed by atoms with Crippen molar-refractivity contribution in [1.82, 2.24) is 15.5 Å². The number of amides is 1. The third-order valence-corrected chi connectivity index (χ3v) is 4.63. The fraction of sp³-hybridized carbons (Fsp3) is 0.619. The van der Waals surface area contributed by atoms with Gasteiger partial charge in [0.15, 0.2) is 5.96 Å². The number of hydrogen-bond donors (Lipinski definition) is 2. The summed E-state index contributed by atoms with van der Waals surface area (Å²) in [5.41, 5.74) is 0. The minimum Gasteiger partial charge on any atom is -0.489 e. The van der Waals surface area contributed by atoms with Crippen LogP contribution in [0.1, 0.15) is 40.5 Å². The Balaban J connectivity index is 1.90. The van der Waals surface area contributed by atoms with E-state index in [1.54, 1.807) is 0 Å². The molecule has 2 atom stereocenters. The number of likely N-dealkylation sites (tertiary alicyclic amines) is 1. The molecule has 1 aliphatic rings. The van der Waals surface area contributed by atoms with Crippen LogP contribution in [0.3, 0.4) is 0 Å². The lowest BCUT2D eigenvalue weighted by Crippen LogP contribution is -2.45. The zero-order valence-electron chi connectivity index (χ0n) is 17.1. The first-order chi connectivity index (χ1) is 13.0. The van der Waals surface area contributed by atoms with Gasteiger partial charge in [-0.15, -0.1) is 0 Å². The molecule has 1 aliphatic heterocycles. The van der Waals surface area contributed by atoms with Crippen molar-refractivity contribution in [3.8, 4) is 5.75 Å². The molecule has 2 rings (SSSR count). The summed E-state index contributed by atoms with van der Waals surface area (Å²) in [5, 5.41) is 6.77. The van der Waals surface area contributed by atoms with Gasteiger partial charge < -0.3 is 20.3 Å². The Bertz CT molecular complexity index is 603. The maximum Gasteiger partial charge on any atom is 0.225 e. The highest BCUT2D eigenvalue weighted by Gasteiger charge is 2.28. The largest absolute Gasteiger partial charge is 0.489 e. The zero-order chi connectivity index (χ0) is 19.6. The molecule has 1 heterocycles. The van der Waals surface area contributed by atoms with Crippen molar-refractivity contribution in [3.05, 3.63) is 30.3 Å². The van der Waals surface area contributed by atoms with E-state index in [0.29, 0.717) is 6.54 Å². The summed E-state index contributed by atoms with van der Waals surface area (Å²) in [6.45, 7) is 11.0. The predicted octanol–water partition coefficient (Wildman–Crippen LogP) is 2.66. The number of nitrogens with one attached hydrogen (secondary N) is 2. The Labute approximate surface area is 163 Å². The molecule has 27 heavy (non-hydrogen) atoms. The van der Waals surface area contributed by atoms with Gasteiger partial charge in [-0.25, -0.2) is 4.99 Å². The van der Waals surface area contributed by atoms with E-state index in [-0.39, 0.29) is 24.0 Å². The monoisotopic (exact) mass is 374 g/mol. The normalized spacial score (nSPS) is 18.5. The fourth-order valence-corrected chi connectivity index (χ4v) is 3.09. The molecular weight excluding hydrogens is 340 g/mol. The second-order valence-corrected chi connectivity index (χ2v) is 7.25. The van der Waals surface area contributed by atoms with Crippen LogP contribution in [-0.2, 0) is 4.79 Å². The van der Waals surface area contributed by atoms with Crippen molar-refractivity contribution >= 4 is 11.9 Å². The third-order valence-electron chi connectivity index (χ3n) is 4.63. The predicted molar refractivity (Wildman–Crippen MR) is 110 cm³/mol. The smallest absolute Gasteiger partial charge is 0.225 e. The number of carbonyl (C=O) groups excluding carboxylic acids is 1. The van der Waals surface area contributed by atoms with Gasteiger partial charge in [0.2, 0.25) is 5.91 Å². The summed E-state index contributed by atoms with van der Waals surface area (Å²) < 4.78 is 6.02. The third kappa shape index (κ3) is 6.77. The van der Waals surface area contributed by atoms with Crippen molar-refractivity contribution in [2.45, 2.75) is 52.7 Å². The molecule has 1 aromatic carbocycles. The van der Waals surface area contributed by atoms with Crippen molar-refractivity contribution in [2.75, 3.05) is 26.2 Å². The average Bonchev–Trinajstić information content (AvgIpc) is 3.13. The number of ether oxygens (including phenoxy) is 1. The van der Waals surface area contributed by atoms with E-state index in [0.717, 1.165) is 44.2 Å². The van der Waals surface area contributed by atoms with E-state index in [9.17, 15) is 4.79 Å². The van der Waals surface area contributed by atoms with Crippen LogP contribution in [0.2, 0.25) is 0 Å². The first-order valence-corrected chi connectivity index (χ1v) is 10.1. The molecule has 0 radical (unpaired) electrons. The molecule has 6 nitrogen and oxygen atoms in total. The van der Waals surface area contributed by atoms with Crippen molar-refractivity contribution < 1.29 is 9.53 Å². The molecule has 0 bridgehead atoms. The van der Waals surface area contributed by atoms with Crippen LogP contribution in [0.5, 0.6) is 5.75 Å². The number of guanidine groups is 1. The number of carbonyl (C=O) groups is 1. The fourth-order valence-electron chi connectivity index (χ4n) is 3.09. The van der Waals surface area contributed by atoms with Gasteiger partial charge in [-0.1, -0.05) is 39.0 Å². The topological polar surface area (TPSA) is 66.0 Å². The van der Waals surface area contributed by atoms with Gasteiger partial charge in [-0.2, -0.15) is 0 Å². The Morgan fingerprint density at radius 2 is 2.04 bits per heavy atom. The number of hydrogen-bond acceptors (Lipinski definition) is 3. The summed E-state index contributed by atoms with van der Waals surface area (Å²) in [7, 11) is 0. The molecule has 150 valence electrons. The zero-order valence-corrected chi connectivity index (χ0v) is 17.1. The molecule has 6 heteroatoms. The van der Waals surface area contributed by atoms with Crippen LogP contribution in [0.4, 0.5) is 0 Å². The minimum absolute atomic E-state index is 0.0328. The van der Waals surface area contributed by atoms with E-state index in [4.69, 9.17) is 9.73 Å². The average molecular weight is 375 g/mol. The lowest BCUT2D eigenvalue weighted by molar-refractivity contribution is -0.133. The van der Waals surface area contributed by atoms with Gasteiger partial charge in [-0.3, -0.25) is 4.79 Å². The Hall–Kier alpha value is -2.24. The summed E-state index contributed by atoms with van der Waals surface area (Å²) in [4.78, 5) is 18.8. The van der Waals surface area contributed by atoms with Crippen LogP contribution < -0.4 is 15.4 Å². The second-order valence-electron chi connectivity index (χ2n) is 7.25. The molecule has 0 spiro atoms. The highest BCUT2D eigenvalue weighted by atomic mass is 16.5. The van der Waals surface area contributed by atoms with E-state index < -0.39 is 0 Å². The lowest BCUT2D eigenvalue weighted by atomic mass is 10.2. The number of para-hydroxylation sites is 1. The summed E-state index contributed by atoms with van der Waals surface area (Å²) in [6.07, 6.45) is 1.86. The molecule has 0 saturated carbocycles. The maximum absolute atomic E-state index is 12.2. The minimum atomic E-state index is 0.0328. The lowest BCUT2D eigenvalue weighted by Gasteiger charge is -2.21. The highest BCUT2D eigenvalue weighted by molar-refractivity contribution is 5.81. The van der Waals surface area contributed by atoms with Crippen molar-refractivity contribution in [1.29, 1.82) is 0 Å². The molecular formula is C21H34N4O2. The first-order valence-electron chi connectivity index (χ1n) is 10.1. The summed E-state index contributed by atoms with van der Waals surface area (Å²) in [5.74, 6) is 1.93. The van der Waals surface area contributed by atoms with Gasteiger partial charge in [0, 0.05) is 31.6 Å². The number of aliphatic imine (C=N–C) groups is 1. The van der Waals surface area contributed by atoms with Crippen LogP contribution in [-0.4, -0.2) is 55.1 Å². The van der Waals surface area contributed by atoms with Gasteiger partial charge in [0.25, 0.3) is 0 Å². The standard InChI is InChI=1S/C21H34N4O2/c1-5-18(27-19-10-8-7-9-11-19)14-23-21(22-6-2)24-17-12-13-25(15-17)20(26)16(3)4/h7-11,16-18H,5-6,12-15H2,1-4H3,(H2,22,23,24). The SMILES string of the molecule is CCNC(=NCC(CC)Oc1ccccc1)NC1CCN(C(=O)C(C)C)C1. The molecule has 1 fully saturated rings. The van der Waals surface area contributed by atoms with E-state index in [2.05, 4.69) is 24.5 Å². The van der Waals surface area contributed by atoms with Crippen LogP contribution >= 0.6 is 0 Å². The number of benzene rings is 1. The maximum atomic E-state index is 12.2. The van der Waals surface area contributed by atoms with Gasteiger partial charge in [0.1, 0.15) is 11.9 Å². The molecule has 1 saturated heterocycles. The van der Waals surface area contributed by atoms with Crippen molar-refractivity contribution in [3.63, 3.8) is 0 Å². The Morgan fingerprint density at radius 3 is 2.67 bits per heavy atom. The summed E-state index contributed by atoms with van der Waals surface area (Å²) >= 11 is 0. The van der Waals surface area contributed by atoms with E-state index >= 15 is 0 Å². The number of rotatable bonds is 8. The summed E-state index contributed by atoms with van der Waals surface area (Å²) in [6, 6.07) is 10.1. The van der Waals surface area contributed by atoms with Gasteiger partial charge in [0.05, 0.1) is 6.54 Å². The molecule has 2 unspecified atom stereocenters. The molecule has 1 amide bonds. The quantitative estimate of drug-likeness (QED) is 0.542. The second kappa shape index (κ2) is 10.8. The van der Waals surface area contributed by atoms with Gasteiger partial charge >= 0.3 is 0 Å². The number of nitrogens with zero attached hydrogens (tertiary/aromatic N) is 2. The molecule has 0 aromatic heterocycles. The van der Waals surface area contributed by atoms with E-state index in [1.165, 1.54) is 0 Å². The van der Waals surface area contributed by atoms with E-state index in [1.807, 2.05) is 49.1 Å². The van der Waals surface area contributed by atoms with Gasteiger partial charge in [-0.05, 0) is 31.9 Å². The van der Waals surface area contributed by atoms with Crippen molar-refractivity contribution in [2.24, 2.45) is 10.9 Å². The Kier molecular flexibility index (Phi) is 8.43. The van der Waals surface area contributed by atoms with Crippen LogP contribution in [0, 0.1) is 5.92 Å².